The second-order valence-electron chi connectivity index (χ2n) is 6.18. The van der Waals surface area contributed by atoms with Gasteiger partial charge in [-0.2, -0.15) is 0 Å². The van der Waals surface area contributed by atoms with E-state index in [0.717, 1.165) is 43.2 Å². The number of benzene rings is 1. The Kier molecular flexibility index (Phi) is 6.04. The van der Waals surface area contributed by atoms with Gasteiger partial charge in [0.05, 0.1) is 0 Å². The normalized spacial score (nSPS) is 16.6. The Hall–Kier alpha value is -1.09. The second kappa shape index (κ2) is 7.79. The summed E-state index contributed by atoms with van der Waals surface area (Å²) in [4.78, 5) is 2.35. The summed E-state index contributed by atoms with van der Waals surface area (Å²) in [7, 11) is 0. The Labute approximate surface area is 128 Å². The van der Waals surface area contributed by atoms with Crippen molar-refractivity contribution in [2.75, 3.05) is 24.5 Å². The SMILES string of the molecule is CCCNC(C)c1c(F)cccc1N(CC)CC1CCC1. The lowest BCUT2D eigenvalue weighted by atomic mass is 9.85. The number of halogens is 1. The second-order valence-corrected chi connectivity index (χ2v) is 6.18. The molecule has 0 bridgehead atoms. The first-order chi connectivity index (χ1) is 10.2. The van der Waals surface area contributed by atoms with Crippen LogP contribution in [0.4, 0.5) is 10.1 Å². The molecule has 1 unspecified atom stereocenters. The lowest BCUT2D eigenvalue weighted by Crippen LogP contribution is -2.34. The van der Waals surface area contributed by atoms with Gasteiger partial charge in [-0.15, -0.1) is 0 Å². The molecule has 118 valence electrons. The molecule has 0 spiro atoms. The zero-order valence-corrected chi connectivity index (χ0v) is 13.7. The lowest BCUT2D eigenvalue weighted by molar-refractivity contribution is 0.318. The standard InChI is InChI=1S/C18H29FN2/c1-4-12-20-14(3)18-16(19)10-7-11-17(18)21(5-2)13-15-8-6-9-15/h7,10-11,14-15,20H,4-6,8-9,12-13H2,1-3H3. The van der Waals surface area contributed by atoms with Gasteiger partial charge >= 0.3 is 0 Å². The van der Waals surface area contributed by atoms with E-state index in [0.29, 0.717) is 0 Å². The van der Waals surface area contributed by atoms with Crippen molar-refractivity contribution in [1.82, 2.24) is 5.32 Å². The molecule has 1 saturated carbocycles. The van der Waals surface area contributed by atoms with Crippen molar-refractivity contribution in [3.8, 4) is 0 Å². The Morgan fingerprint density at radius 2 is 2.10 bits per heavy atom. The fourth-order valence-electron chi connectivity index (χ4n) is 3.08. The molecule has 0 aromatic heterocycles. The first kappa shape index (κ1) is 16.3. The van der Waals surface area contributed by atoms with Gasteiger partial charge in [-0.1, -0.05) is 19.4 Å². The van der Waals surface area contributed by atoms with Crippen molar-refractivity contribution in [2.24, 2.45) is 5.92 Å². The van der Waals surface area contributed by atoms with Gasteiger partial charge in [0.2, 0.25) is 0 Å². The number of nitrogens with one attached hydrogen (secondary N) is 1. The summed E-state index contributed by atoms with van der Waals surface area (Å²) in [5, 5.41) is 3.42. The Balaban J connectivity index is 2.21. The van der Waals surface area contributed by atoms with Crippen LogP contribution in [0.25, 0.3) is 0 Å². The Bertz CT molecular complexity index is 443. The molecule has 0 aliphatic heterocycles. The molecule has 1 aromatic carbocycles. The van der Waals surface area contributed by atoms with Crippen LogP contribution >= 0.6 is 0 Å². The Morgan fingerprint density at radius 1 is 1.33 bits per heavy atom. The third kappa shape index (κ3) is 3.97. The summed E-state index contributed by atoms with van der Waals surface area (Å²) in [6.45, 7) is 9.29. The van der Waals surface area contributed by atoms with Crippen LogP contribution < -0.4 is 10.2 Å². The highest BCUT2D eigenvalue weighted by atomic mass is 19.1. The summed E-state index contributed by atoms with van der Waals surface area (Å²) in [5.74, 6) is 0.704. The zero-order valence-electron chi connectivity index (χ0n) is 13.7. The van der Waals surface area contributed by atoms with Crippen LogP contribution in [-0.4, -0.2) is 19.6 Å². The van der Waals surface area contributed by atoms with E-state index in [1.54, 1.807) is 6.07 Å². The van der Waals surface area contributed by atoms with Gasteiger partial charge < -0.3 is 10.2 Å². The minimum Gasteiger partial charge on any atom is -0.371 e. The average molecular weight is 292 g/mol. The van der Waals surface area contributed by atoms with Gasteiger partial charge in [0.1, 0.15) is 5.82 Å². The fraction of sp³-hybridized carbons (Fsp3) is 0.667. The first-order valence-corrected chi connectivity index (χ1v) is 8.44. The molecular formula is C18H29FN2. The van der Waals surface area contributed by atoms with Gasteiger partial charge in [0.15, 0.2) is 0 Å². The monoisotopic (exact) mass is 292 g/mol. The van der Waals surface area contributed by atoms with Crippen LogP contribution in [0, 0.1) is 11.7 Å². The number of hydrogen-bond donors (Lipinski definition) is 1. The van der Waals surface area contributed by atoms with E-state index in [-0.39, 0.29) is 11.9 Å². The van der Waals surface area contributed by atoms with Gasteiger partial charge in [0.25, 0.3) is 0 Å². The maximum Gasteiger partial charge on any atom is 0.130 e. The molecule has 0 radical (unpaired) electrons. The zero-order chi connectivity index (χ0) is 15.2. The first-order valence-electron chi connectivity index (χ1n) is 8.44. The predicted octanol–water partition coefficient (Wildman–Crippen LogP) is 4.51. The van der Waals surface area contributed by atoms with Crippen molar-refractivity contribution >= 4 is 5.69 Å². The number of rotatable bonds is 8. The van der Waals surface area contributed by atoms with Gasteiger partial charge in [-0.25, -0.2) is 4.39 Å². The Morgan fingerprint density at radius 3 is 2.67 bits per heavy atom. The summed E-state index contributed by atoms with van der Waals surface area (Å²) in [6, 6.07) is 5.55. The molecule has 1 aliphatic carbocycles. The quantitative estimate of drug-likeness (QED) is 0.758. The summed E-state index contributed by atoms with van der Waals surface area (Å²) in [6.07, 6.45) is 5.07. The highest BCUT2D eigenvalue weighted by Crippen LogP contribution is 2.33. The number of hydrogen-bond acceptors (Lipinski definition) is 2. The molecule has 1 aliphatic rings. The highest BCUT2D eigenvalue weighted by Gasteiger charge is 2.23. The molecule has 3 heteroatoms. The number of anilines is 1. The third-order valence-electron chi connectivity index (χ3n) is 4.59. The molecule has 1 N–H and O–H groups in total. The minimum atomic E-state index is -0.0873. The summed E-state index contributed by atoms with van der Waals surface area (Å²) < 4.78 is 14.4. The molecule has 0 amide bonds. The largest absolute Gasteiger partial charge is 0.371 e. The number of nitrogens with zero attached hydrogens (tertiary/aromatic N) is 1. The van der Waals surface area contributed by atoms with Crippen LogP contribution in [0.15, 0.2) is 18.2 Å². The van der Waals surface area contributed by atoms with Crippen LogP contribution in [0.1, 0.15) is 58.1 Å². The minimum absolute atomic E-state index is 0.0524. The van der Waals surface area contributed by atoms with E-state index in [4.69, 9.17) is 0 Å². The van der Waals surface area contributed by atoms with Gasteiger partial charge in [0, 0.05) is 30.4 Å². The van der Waals surface area contributed by atoms with E-state index in [1.807, 2.05) is 6.07 Å². The molecule has 0 saturated heterocycles. The van der Waals surface area contributed by atoms with Crippen molar-refractivity contribution < 1.29 is 4.39 Å². The summed E-state index contributed by atoms with van der Waals surface area (Å²) >= 11 is 0. The molecule has 1 fully saturated rings. The van der Waals surface area contributed by atoms with Crippen LogP contribution in [0.3, 0.4) is 0 Å². The maximum atomic E-state index is 14.4. The highest BCUT2D eigenvalue weighted by molar-refractivity contribution is 5.55. The lowest BCUT2D eigenvalue weighted by Gasteiger charge is -2.35. The van der Waals surface area contributed by atoms with E-state index < -0.39 is 0 Å². The molecule has 2 nitrogen and oxygen atoms in total. The van der Waals surface area contributed by atoms with Crippen LogP contribution in [0.2, 0.25) is 0 Å². The molecular weight excluding hydrogens is 263 g/mol. The molecule has 21 heavy (non-hydrogen) atoms. The third-order valence-corrected chi connectivity index (χ3v) is 4.59. The van der Waals surface area contributed by atoms with Crippen molar-refractivity contribution in [3.63, 3.8) is 0 Å². The van der Waals surface area contributed by atoms with Crippen LogP contribution in [0.5, 0.6) is 0 Å². The molecule has 1 atom stereocenters. The van der Waals surface area contributed by atoms with Gasteiger partial charge in [-0.05, 0) is 57.7 Å². The van der Waals surface area contributed by atoms with E-state index in [9.17, 15) is 4.39 Å². The topological polar surface area (TPSA) is 15.3 Å². The van der Waals surface area contributed by atoms with Crippen molar-refractivity contribution in [3.05, 3.63) is 29.6 Å². The van der Waals surface area contributed by atoms with E-state index >= 15 is 0 Å². The summed E-state index contributed by atoms with van der Waals surface area (Å²) in [5.41, 5.74) is 1.90. The molecule has 2 rings (SSSR count). The van der Waals surface area contributed by atoms with Crippen molar-refractivity contribution in [2.45, 2.75) is 52.5 Å². The van der Waals surface area contributed by atoms with Gasteiger partial charge in [-0.3, -0.25) is 0 Å². The smallest absolute Gasteiger partial charge is 0.130 e. The van der Waals surface area contributed by atoms with Crippen molar-refractivity contribution in [1.29, 1.82) is 0 Å². The molecule has 1 aromatic rings. The predicted molar refractivity (Wildman–Crippen MR) is 88.3 cm³/mol. The van der Waals surface area contributed by atoms with E-state index in [2.05, 4.69) is 37.1 Å². The average Bonchev–Trinajstić information content (AvgIpc) is 2.43. The fourth-order valence-corrected chi connectivity index (χ4v) is 3.08. The molecule has 0 heterocycles. The maximum absolute atomic E-state index is 14.4. The van der Waals surface area contributed by atoms with Crippen LogP contribution in [-0.2, 0) is 0 Å². The van der Waals surface area contributed by atoms with E-state index in [1.165, 1.54) is 19.3 Å².